The fourth-order valence-electron chi connectivity index (χ4n) is 7.68. The van der Waals surface area contributed by atoms with Gasteiger partial charge >= 0.3 is 0 Å². The molecule has 2 aromatic heterocycles. The van der Waals surface area contributed by atoms with Gasteiger partial charge in [-0.1, -0.05) is 96.5 Å². The van der Waals surface area contributed by atoms with E-state index < -0.39 is 14.9 Å². The Morgan fingerprint density at radius 2 is 1.32 bits per heavy atom. The zero-order valence-electron chi connectivity index (χ0n) is 32.6. The molecule has 0 spiro atoms. The van der Waals surface area contributed by atoms with Gasteiger partial charge in [-0.2, -0.15) is 51.7 Å². The minimum Gasteiger partial charge on any atom is -0.319 e. The van der Waals surface area contributed by atoms with Crippen molar-refractivity contribution in [2.24, 2.45) is 0 Å². The number of hydrogen-bond acceptors (Lipinski definition) is 3. The molecule has 1 aliphatic heterocycles. The minimum atomic E-state index is -3.18. The summed E-state index contributed by atoms with van der Waals surface area (Å²) < 4.78 is 26.5. The van der Waals surface area contributed by atoms with E-state index in [1.807, 2.05) is 17.2 Å². The van der Waals surface area contributed by atoms with Crippen molar-refractivity contribution < 1.29 is 30.1 Å². The summed E-state index contributed by atoms with van der Waals surface area (Å²) in [4.78, 5) is 9.90. The van der Waals surface area contributed by atoms with Crippen molar-refractivity contribution in [3.63, 3.8) is 0 Å². The summed E-state index contributed by atoms with van der Waals surface area (Å²) in [6, 6.07) is 60.0. The Kier molecular flexibility index (Phi) is 8.04. The molecule has 0 saturated carbocycles. The molecule has 6 aromatic carbocycles. The molecule has 53 heavy (non-hydrogen) atoms. The van der Waals surface area contributed by atoms with Gasteiger partial charge in [-0.3, -0.25) is 0 Å². The summed E-state index contributed by atoms with van der Waals surface area (Å²) in [5, 5.41) is 10.6. The number of hydrogen-bond donors (Lipinski definition) is 0. The third-order valence-corrected chi connectivity index (χ3v) is 14.5. The molecule has 0 saturated heterocycles. The van der Waals surface area contributed by atoms with E-state index in [9.17, 15) is 0 Å². The standard InChI is InChI=1S/C46H38N4OSi.Pt/c1-33-28-29-47-45(30-33)48-41-23-12-11-22-39(41)40-27-26-38(32-44(40)48)52(35-17-7-5-8-18-35,36-19-9-6-10-20-36)37-21-15-16-34(31-37)49-42-24-13-14-25-43(42)50(51-49)46(2,3)4;/h5-30H,1-4H3;/q-2;/p+1/i1D3;. The van der Waals surface area contributed by atoms with Crippen molar-refractivity contribution in [1.29, 1.82) is 0 Å². The molecule has 0 amide bonds. The minimum absolute atomic E-state index is 0. The van der Waals surface area contributed by atoms with E-state index in [2.05, 4.69) is 170 Å². The summed E-state index contributed by atoms with van der Waals surface area (Å²) in [5.41, 5.74) is 4.66. The van der Waals surface area contributed by atoms with Crippen LogP contribution in [0.15, 0.2) is 158 Å². The van der Waals surface area contributed by atoms with Gasteiger partial charge in [0, 0.05) is 42.6 Å². The number of nitrogens with zero attached hydrogens (tertiary/aromatic N) is 4. The van der Waals surface area contributed by atoms with Crippen LogP contribution in [-0.2, 0) is 21.1 Å². The van der Waals surface area contributed by atoms with Crippen molar-refractivity contribution in [1.82, 2.24) is 9.55 Å². The smallest absolute Gasteiger partial charge is 0.145 e. The van der Waals surface area contributed by atoms with Gasteiger partial charge in [0.15, 0.2) is 0 Å². The zero-order chi connectivity index (χ0) is 38.0. The number of fused-ring (bicyclic) bond motifs is 4. The van der Waals surface area contributed by atoms with Gasteiger partial charge in [-0.05, 0) is 79.3 Å². The van der Waals surface area contributed by atoms with Crippen LogP contribution in [0.25, 0.3) is 27.6 Å². The van der Waals surface area contributed by atoms with Gasteiger partial charge in [0.1, 0.15) is 30.8 Å². The maximum absolute atomic E-state index is 8.16. The molecule has 0 bridgehead atoms. The molecule has 1 aliphatic rings. The van der Waals surface area contributed by atoms with E-state index in [0.717, 1.165) is 49.2 Å². The molecular weight excluding hydrogens is 848 g/mol. The number of para-hydroxylation sites is 3. The van der Waals surface area contributed by atoms with E-state index in [1.165, 1.54) is 10.4 Å². The third kappa shape index (κ3) is 5.73. The van der Waals surface area contributed by atoms with Crippen LogP contribution < -0.4 is 30.9 Å². The quantitative estimate of drug-likeness (QED) is 0.0735. The molecule has 5 nitrogen and oxygen atoms in total. The molecule has 1 N–H and O–H groups in total. The Balaban J connectivity index is 0.00000441. The van der Waals surface area contributed by atoms with Crippen LogP contribution in [0.3, 0.4) is 0 Å². The Bertz CT molecular complexity index is 2660. The first-order chi connectivity index (χ1) is 26.5. The van der Waals surface area contributed by atoms with Crippen LogP contribution in [0.5, 0.6) is 0 Å². The predicted octanol–water partition coefficient (Wildman–Crippen LogP) is 8.06. The largest absolute Gasteiger partial charge is 0.319 e. The van der Waals surface area contributed by atoms with Crippen LogP contribution in [0.4, 0.5) is 17.1 Å². The van der Waals surface area contributed by atoms with Crippen molar-refractivity contribution in [2.75, 3.05) is 10.1 Å². The summed E-state index contributed by atoms with van der Waals surface area (Å²) in [6.07, 6.45) is 1.58. The Hall–Kier alpha value is -5.26. The topological polar surface area (TPSA) is 37.1 Å². The van der Waals surface area contributed by atoms with Crippen molar-refractivity contribution in [3.8, 4) is 5.82 Å². The number of anilines is 3. The maximum atomic E-state index is 8.16. The Labute approximate surface area is 330 Å². The molecule has 8 aromatic rings. The van der Waals surface area contributed by atoms with Crippen molar-refractivity contribution >= 4 is 67.7 Å². The number of benzene rings is 6. The average Bonchev–Trinajstić information content (AvgIpc) is 3.76. The summed E-state index contributed by atoms with van der Waals surface area (Å²) in [6.45, 7) is 4.22. The number of rotatable bonds is 6. The summed E-state index contributed by atoms with van der Waals surface area (Å²) >= 11 is 0. The monoisotopic (exact) mass is 889 g/mol. The number of pyridine rings is 1. The predicted molar refractivity (Wildman–Crippen MR) is 217 cm³/mol. The molecular formula is C46H39N4OPtSi-. The van der Waals surface area contributed by atoms with Crippen LogP contribution in [0.2, 0.25) is 0 Å². The van der Waals surface area contributed by atoms with Gasteiger partial charge in [0.05, 0.1) is 0 Å². The molecule has 9 rings (SSSR count). The van der Waals surface area contributed by atoms with Gasteiger partial charge in [0.25, 0.3) is 0 Å². The molecule has 0 aliphatic carbocycles. The second-order valence-electron chi connectivity index (χ2n) is 14.2. The number of hydroxylamine groups is 1. The second kappa shape index (κ2) is 13.6. The van der Waals surface area contributed by atoms with Gasteiger partial charge in [-0.25, -0.2) is 4.98 Å². The fraction of sp³-hybridized carbons (Fsp3) is 0.109. The van der Waals surface area contributed by atoms with Gasteiger partial charge < -0.3 is 4.57 Å². The van der Waals surface area contributed by atoms with Gasteiger partial charge in [0.2, 0.25) is 0 Å². The SMILES string of the molecule is [2H]C([2H])([2H])c1ccnc(-n2c3[c-]c([Si](c4[c-]c(N5[OH+]N(C(C)(C)C)c6ccccc65)ccc4)(c4ccccc4)c4ccccc4)ccc3c3ccccc32)c1.[Pt]. The molecule has 0 fully saturated rings. The molecule has 0 unspecified atom stereocenters. The summed E-state index contributed by atoms with van der Waals surface area (Å²) in [5.74, 6) is 0.534. The Morgan fingerprint density at radius 3 is 2.04 bits per heavy atom. The van der Waals surface area contributed by atoms with E-state index in [0.29, 0.717) is 5.82 Å². The third-order valence-electron chi connectivity index (χ3n) is 9.94. The van der Waals surface area contributed by atoms with E-state index in [4.69, 9.17) is 14.0 Å². The maximum Gasteiger partial charge on any atom is 0.145 e. The Morgan fingerprint density at radius 1 is 0.660 bits per heavy atom. The molecule has 3 heterocycles. The van der Waals surface area contributed by atoms with Crippen LogP contribution in [-0.4, -0.2) is 28.1 Å². The van der Waals surface area contributed by atoms with E-state index in [1.54, 1.807) is 18.3 Å². The molecule has 0 radical (unpaired) electrons. The van der Waals surface area contributed by atoms with Crippen molar-refractivity contribution in [2.45, 2.75) is 33.2 Å². The molecule has 7 heteroatoms. The van der Waals surface area contributed by atoms with Gasteiger partial charge in [-0.15, -0.1) is 21.6 Å². The first kappa shape index (κ1) is 31.3. The number of aromatic nitrogens is 2. The van der Waals surface area contributed by atoms with Crippen LogP contribution in [0, 0.1) is 19.0 Å². The molecule has 264 valence electrons. The fourth-order valence-corrected chi connectivity index (χ4v) is 12.2. The summed E-state index contributed by atoms with van der Waals surface area (Å²) in [7, 11) is -3.18. The van der Waals surface area contributed by atoms with Crippen LogP contribution in [0.1, 0.15) is 30.4 Å². The van der Waals surface area contributed by atoms with Crippen LogP contribution >= 0.6 is 0 Å². The zero-order valence-corrected chi connectivity index (χ0v) is 32.8. The second-order valence-corrected chi connectivity index (χ2v) is 17.9. The number of aryl methyl sites for hydroxylation is 1. The van der Waals surface area contributed by atoms with E-state index >= 15 is 0 Å². The average molecular weight is 890 g/mol. The normalized spacial score (nSPS) is 14.1. The van der Waals surface area contributed by atoms with E-state index in [-0.39, 0.29) is 32.2 Å². The van der Waals surface area contributed by atoms with Crippen molar-refractivity contribution in [3.05, 3.63) is 176 Å². The molecule has 0 atom stereocenters. The first-order valence-electron chi connectivity index (χ1n) is 19.0. The first-order valence-corrected chi connectivity index (χ1v) is 19.5.